The first-order chi connectivity index (χ1) is 10.1. The predicted molar refractivity (Wildman–Crippen MR) is 85.7 cm³/mol. The Balaban J connectivity index is 1.85. The van der Waals surface area contributed by atoms with Gasteiger partial charge in [0.05, 0.1) is 6.54 Å². The molecule has 1 aromatic carbocycles. The van der Waals surface area contributed by atoms with Gasteiger partial charge in [-0.2, -0.15) is 0 Å². The van der Waals surface area contributed by atoms with Crippen LogP contribution in [-0.2, 0) is 11.3 Å². The molecule has 4 nitrogen and oxygen atoms in total. The van der Waals surface area contributed by atoms with Gasteiger partial charge < -0.3 is 10.6 Å². The number of benzene rings is 1. The molecule has 0 unspecified atom stereocenters. The smallest absolute Gasteiger partial charge is 0.236 e. The normalized spacial score (nSPS) is 19.1. The van der Waals surface area contributed by atoms with E-state index in [4.69, 9.17) is 5.73 Å². The minimum atomic E-state index is 0.0616. The number of carbonyl (C=O) groups is 1. The van der Waals surface area contributed by atoms with E-state index in [1.165, 1.54) is 5.56 Å². The van der Waals surface area contributed by atoms with Gasteiger partial charge in [-0.25, -0.2) is 0 Å². The molecule has 1 heterocycles. The van der Waals surface area contributed by atoms with Crippen molar-refractivity contribution in [2.75, 3.05) is 26.2 Å². The lowest BCUT2D eigenvalue weighted by molar-refractivity contribution is -0.132. The highest BCUT2D eigenvalue weighted by atomic mass is 16.2. The largest absolute Gasteiger partial charge is 0.339 e. The number of nitrogens with two attached hydrogens (primary N) is 1. The Bertz CT molecular complexity index is 447. The SMILES string of the molecule is CC(C)N(C[C@@H]1CCN(Cc2ccccc2)C1)C(=O)CN. The number of carbonyl (C=O) groups excluding carboxylic acids is 1. The predicted octanol–water partition coefficient (Wildman–Crippen LogP) is 1.70. The van der Waals surface area contributed by atoms with Gasteiger partial charge in [0, 0.05) is 25.7 Å². The highest BCUT2D eigenvalue weighted by molar-refractivity contribution is 5.78. The quantitative estimate of drug-likeness (QED) is 0.867. The van der Waals surface area contributed by atoms with Crippen molar-refractivity contribution in [3.05, 3.63) is 35.9 Å². The fourth-order valence-electron chi connectivity index (χ4n) is 3.04. The van der Waals surface area contributed by atoms with Crippen LogP contribution < -0.4 is 5.73 Å². The lowest BCUT2D eigenvalue weighted by atomic mass is 10.1. The molecule has 0 saturated carbocycles. The maximum absolute atomic E-state index is 11.9. The molecule has 4 heteroatoms. The van der Waals surface area contributed by atoms with Crippen LogP contribution in [-0.4, -0.2) is 47.9 Å². The van der Waals surface area contributed by atoms with Crippen molar-refractivity contribution in [3.8, 4) is 0 Å². The Hall–Kier alpha value is -1.39. The van der Waals surface area contributed by atoms with Gasteiger partial charge in [-0.15, -0.1) is 0 Å². The number of hydrogen-bond acceptors (Lipinski definition) is 3. The average molecular weight is 289 g/mol. The van der Waals surface area contributed by atoms with Crippen LogP contribution in [0, 0.1) is 5.92 Å². The minimum Gasteiger partial charge on any atom is -0.339 e. The Morgan fingerprint density at radius 1 is 1.38 bits per heavy atom. The molecule has 0 aromatic heterocycles. The summed E-state index contributed by atoms with van der Waals surface area (Å²) in [5, 5.41) is 0. The van der Waals surface area contributed by atoms with Crippen LogP contribution in [0.2, 0.25) is 0 Å². The first-order valence-corrected chi connectivity index (χ1v) is 7.86. The highest BCUT2D eigenvalue weighted by Crippen LogP contribution is 2.20. The van der Waals surface area contributed by atoms with Crippen LogP contribution in [0.4, 0.5) is 0 Å². The van der Waals surface area contributed by atoms with Gasteiger partial charge in [0.2, 0.25) is 5.91 Å². The summed E-state index contributed by atoms with van der Waals surface area (Å²) in [5.74, 6) is 0.623. The zero-order valence-corrected chi connectivity index (χ0v) is 13.2. The van der Waals surface area contributed by atoms with Gasteiger partial charge in [-0.1, -0.05) is 30.3 Å². The average Bonchev–Trinajstić information content (AvgIpc) is 2.92. The lowest BCUT2D eigenvalue weighted by Gasteiger charge is -2.29. The van der Waals surface area contributed by atoms with Crippen LogP contribution in [0.25, 0.3) is 0 Å². The van der Waals surface area contributed by atoms with Crippen LogP contribution in [0.15, 0.2) is 30.3 Å². The standard InChI is InChI=1S/C17H27N3O/c1-14(2)20(17(21)10-18)13-16-8-9-19(12-16)11-15-6-4-3-5-7-15/h3-7,14,16H,8-13,18H2,1-2H3/t16-/m1/s1. The third-order valence-corrected chi connectivity index (χ3v) is 4.19. The van der Waals surface area contributed by atoms with Crippen LogP contribution in [0.1, 0.15) is 25.8 Å². The number of nitrogens with zero attached hydrogens (tertiary/aromatic N) is 2. The van der Waals surface area contributed by atoms with E-state index >= 15 is 0 Å². The Morgan fingerprint density at radius 2 is 2.10 bits per heavy atom. The fourth-order valence-corrected chi connectivity index (χ4v) is 3.04. The summed E-state index contributed by atoms with van der Waals surface area (Å²) >= 11 is 0. The second-order valence-electron chi connectivity index (χ2n) is 6.22. The van der Waals surface area contributed by atoms with E-state index in [0.29, 0.717) is 5.92 Å². The molecule has 1 amide bonds. The topological polar surface area (TPSA) is 49.6 Å². The van der Waals surface area contributed by atoms with Gasteiger partial charge >= 0.3 is 0 Å². The number of hydrogen-bond donors (Lipinski definition) is 1. The summed E-state index contributed by atoms with van der Waals surface area (Å²) in [7, 11) is 0. The van der Waals surface area contributed by atoms with Gasteiger partial charge in [-0.3, -0.25) is 9.69 Å². The molecule has 1 aromatic rings. The number of likely N-dealkylation sites (tertiary alicyclic amines) is 1. The molecule has 116 valence electrons. The molecule has 0 spiro atoms. The third kappa shape index (κ3) is 4.55. The Morgan fingerprint density at radius 3 is 2.71 bits per heavy atom. The van der Waals surface area contributed by atoms with Crippen LogP contribution >= 0.6 is 0 Å². The molecule has 2 rings (SSSR count). The summed E-state index contributed by atoms with van der Waals surface area (Å²) in [6.45, 7) is 8.24. The molecule has 1 fully saturated rings. The fraction of sp³-hybridized carbons (Fsp3) is 0.588. The molecular formula is C17H27N3O. The first kappa shape index (κ1) is 16.0. The van der Waals surface area contributed by atoms with E-state index in [2.05, 4.69) is 49.1 Å². The molecule has 1 aliphatic rings. The van der Waals surface area contributed by atoms with Crippen molar-refractivity contribution in [2.45, 2.75) is 32.9 Å². The minimum absolute atomic E-state index is 0.0616. The van der Waals surface area contributed by atoms with E-state index < -0.39 is 0 Å². The van der Waals surface area contributed by atoms with E-state index in [1.807, 2.05) is 4.90 Å². The summed E-state index contributed by atoms with van der Waals surface area (Å²) in [6, 6.07) is 10.8. The van der Waals surface area contributed by atoms with E-state index in [-0.39, 0.29) is 18.5 Å². The van der Waals surface area contributed by atoms with Crippen molar-refractivity contribution >= 4 is 5.91 Å². The molecule has 0 aliphatic carbocycles. The van der Waals surface area contributed by atoms with E-state index in [0.717, 1.165) is 32.6 Å². The maximum Gasteiger partial charge on any atom is 0.236 e. The molecule has 1 saturated heterocycles. The second-order valence-corrected chi connectivity index (χ2v) is 6.22. The number of rotatable bonds is 6. The van der Waals surface area contributed by atoms with Crippen molar-refractivity contribution in [1.82, 2.24) is 9.80 Å². The molecule has 1 aliphatic heterocycles. The summed E-state index contributed by atoms with van der Waals surface area (Å²) in [5.41, 5.74) is 6.87. The first-order valence-electron chi connectivity index (χ1n) is 7.86. The molecule has 1 atom stereocenters. The molecule has 2 N–H and O–H groups in total. The summed E-state index contributed by atoms with van der Waals surface area (Å²) in [6.07, 6.45) is 1.16. The monoisotopic (exact) mass is 289 g/mol. The Kier molecular flexibility index (Phi) is 5.76. The van der Waals surface area contributed by atoms with Crippen LogP contribution in [0.5, 0.6) is 0 Å². The van der Waals surface area contributed by atoms with Crippen molar-refractivity contribution in [1.29, 1.82) is 0 Å². The zero-order chi connectivity index (χ0) is 15.2. The second kappa shape index (κ2) is 7.57. The van der Waals surface area contributed by atoms with Gasteiger partial charge in [0.1, 0.15) is 0 Å². The zero-order valence-electron chi connectivity index (χ0n) is 13.2. The van der Waals surface area contributed by atoms with E-state index in [9.17, 15) is 4.79 Å². The van der Waals surface area contributed by atoms with Crippen LogP contribution in [0.3, 0.4) is 0 Å². The third-order valence-electron chi connectivity index (χ3n) is 4.19. The molecular weight excluding hydrogens is 262 g/mol. The van der Waals surface area contributed by atoms with Gasteiger partial charge in [0.25, 0.3) is 0 Å². The number of amides is 1. The van der Waals surface area contributed by atoms with Crippen molar-refractivity contribution in [3.63, 3.8) is 0 Å². The van der Waals surface area contributed by atoms with Gasteiger partial charge in [0.15, 0.2) is 0 Å². The molecule has 21 heavy (non-hydrogen) atoms. The van der Waals surface area contributed by atoms with Gasteiger partial charge in [-0.05, 0) is 38.3 Å². The van der Waals surface area contributed by atoms with Crippen molar-refractivity contribution in [2.24, 2.45) is 11.7 Å². The van der Waals surface area contributed by atoms with E-state index in [1.54, 1.807) is 0 Å². The Labute approximate surface area is 127 Å². The lowest BCUT2D eigenvalue weighted by Crippen LogP contribution is -2.44. The summed E-state index contributed by atoms with van der Waals surface area (Å²) in [4.78, 5) is 16.3. The highest BCUT2D eigenvalue weighted by Gasteiger charge is 2.26. The maximum atomic E-state index is 11.9. The molecule has 0 radical (unpaired) electrons. The molecule has 0 bridgehead atoms. The van der Waals surface area contributed by atoms with Crippen molar-refractivity contribution < 1.29 is 4.79 Å². The summed E-state index contributed by atoms with van der Waals surface area (Å²) < 4.78 is 0.